The van der Waals surface area contributed by atoms with E-state index in [0.717, 1.165) is 10.4 Å². The molecule has 0 fully saturated rings. The van der Waals surface area contributed by atoms with Gasteiger partial charge in [0, 0.05) is 25.7 Å². The van der Waals surface area contributed by atoms with Gasteiger partial charge in [-0.2, -0.15) is 0 Å². The van der Waals surface area contributed by atoms with E-state index in [1.54, 1.807) is 0 Å². The number of nitro benzene ring substituents is 1. The van der Waals surface area contributed by atoms with Crippen molar-refractivity contribution in [3.05, 3.63) is 28.3 Å². The second-order valence-corrected chi connectivity index (χ2v) is 6.67. The fraction of sp³-hybridized carbons (Fsp3) is 0.455. The van der Waals surface area contributed by atoms with Gasteiger partial charge in [-0.3, -0.25) is 10.1 Å². The van der Waals surface area contributed by atoms with E-state index in [0.29, 0.717) is 6.54 Å². The van der Waals surface area contributed by atoms with Gasteiger partial charge in [0.1, 0.15) is 4.90 Å². The van der Waals surface area contributed by atoms with Crippen molar-refractivity contribution >= 4 is 21.4 Å². The summed E-state index contributed by atoms with van der Waals surface area (Å²) in [5.41, 5.74) is 5.32. The van der Waals surface area contributed by atoms with Gasteiger partial charge in [-0.25, -0.2) is 12.7 Å². The van der Waals surface area contributed by atoms with Gasteiger partial charge in [-0.05, 0) is 12.0 Å². The van der Waals surface area contributed by atoms with Crippen LogP contribution >= 0.6 is 0 Å². The highest BCUT2D eigenvalue weighted by Crippen LogP contribution is 2.26. The number of nitrogen functional groups attached to an aromatic ring is 1. The van der Waals surface area contributed by atoms with Crippen molar-refractivity contribution in [1.29, 1.82) is 0 Å². The Balaban J connectivity index is 3.28. The molecule has 1 rings (SSSR count). The minimum Gasteiger partial charge on any atom is -0.398 e. The lowest BCUT2D eigenvalue weighted by Gasteiger charge is -2.19. The van der Waals surface area contributed by atoms with Crippen LogP contribution in [0, 0.1) is 16.0 Å². The van der Waals surface area contributed by atoms with Crippen molar-refractivity contribution in [2.45, 2.75) is 18.7 Å². The Bertz CT molecular complexity index is 584. The lowest BCUT2D eigenvalue weighted by atomic mass is 10.2. The quantitative estimate of drug-likeness (QED) is 0.501. The molecule has 0 aliphatic heterocycles. The fourth-order valence-corrected chi connectivity index (χ4v) is 3.11. The number of anilines is 1. The molecule has 0 saturated carbocycles. The molecule has 0 unspecified atom stereocenters. The van der Waals surface area contributed by atoms with Crippen molar-refractivity contribution in [2.75, 3.05) is 19.3 Å². The van der Waals surface area contributed by atoms with Crippen LogP contribution in [0.2, 0.25) is 0 Å². The van der Waals surface area contributed by atoms with Crippen LogP contribution in [0.5, 0.6) is 0 Å². The SMILES string of the molecule is CC(C)CN(C)S(=O)(=O)c1cc([N+](=O)[O-])ccc1N. The van der Waals surface area contributed by atoms with Crippen LogP contribution in [0.4, 0.5) is 11.4 Å². The first-order valence-electron chi connectivity index (χ1n) is 5.66. The Morgan fingerprint density at radius 3 is 2.47 bits per heavy atom. The lowest BCUT2D eigenvalue weighted by molar-refractivity contribution is -0.385. The Morgan fingerprint density at radius 2 is 2.00 bits per heavy atom. The van der Waals surface area contributed by atoms with Crippen molar-refractivity contribution in [2.24, 2.45) is 5.92 Å². The molecular formula is C11H17N3O4S. The zero-order valence-corrected chi connectivity index (χ0v) is 11.8. The van der Waals surface area contributed by atoms with Crippen molar-refractivity contribution in [3.8, 4) is 0 Å². The monoisotopic (exact) mass is 287 g/mol. The van der Waals surface area contributed by atoms with Gasteiger partial charge in [-0.1, -0.05) is 13.8 Å². The predicted molar refractivity (Wildman–Crippen MR) is 72.2 cm³/mol. The molecule has 0 amide bonds. The maximum atomic E-state index is 12.3. The normalized spacial score (nSPS) is 12.1. The van der Waals surface area contributed by atoms with E-state index in [4.69, 9.17) is 5.73 Å². The van der Waals surface area contributed by atoms with E-state index in [9.17, 15) is 18.5 Å². The molecule has 0 aliphatic carbocycles. The summed E-state index contributed by atoms with van der Waals surface area (Å²) in [5, 5.41) is 10.7. The Labute approximate surface area is 112 Å². The van der Waals surface area contributed by atoms with E-state index in [2.05, 4.69) is 0 Å². The molecule has 19 heavy (non-hydrogen) atoms. The summed E-state index contributed by atoms with van der Waals surface area (Å²) in [5.74, 6) is 0.139. The number of nitro groups is 1. The number of nitrogens with two attached hydrogens (primary N) is 1. The van der Waals surface area contributed by atoms with E-state index in [1.165, 1.54) is 19.2 Å². The number of nitrogens with zero attached hydrogens (tertiary/aromatic N) is 2. The molecular weight excluding hydrogens is 270 g/mol. The topological polar surface area (TPSA) is 107 Å². The van der Waals surface area contributed by atoms with Crippen LogP contribution in [-0.4, -0.2) is 31.2 Å². The van der Waals surface area contributed by atoms with Gasteiger partial charge in [0.25, 0.3) is 5.69 Å². The summed E-state index contributed by atoms with van der Waals surface area (Å²) in [4.78, 5) is 9.81. The zero-order chi connectivity index (χ0) is 14.8. The van der Waals surface area contributed by atoms with Crippen LogP contribution in [-0.2, 0) is 10.0 Å². The predicted octanol–water partition coefficient (Wildman–Crippen LogP) is 1.45. The molecule has 0 radical (unpaired) electrons. The lowest BCUT2D eigenvalue weighted by Crippen LogP contribution is -2.31. The molecule has 1 aromatic rings. The van der Waals surface area contributed by atoms with E-state index in [1.807, 2.05) is 13.8 Å². The summed E-state index contributed by atoms with van der Waals surface area (Å²) >= 11 is 0. The molecule has 0 aliphatic rings. The van der Waals surface area contributed by atoms with Crippen LogP contribution in [0.15, 0.2) is 23.1 Å². The molecule has 0 heterocycles. The van der Waals surface area contributed by atoms with Crippen molar-refractivity contribution in [1.82, 2.24) is 4.31 Å². The third-order valence-corrected chi connectivity index (χ3v) is 4.40. The van der Waals surface area contributed by atoms with Gasteiger partial charge in [0.15, 0.2) is 0 Å². The molecule has 106 valence electrons. The highest BCUT2D eigenvalue weighted by molar-refractivity contribution is 7.89. The van der Waals surface area contributed by atoms with Gasteiger partial charge in [-0.15, -0.1) is 0 Å². The summed E-state index contributed by atoms with van der Waals surface area (Å²) in [6, 6.07) is 3.40. The van der Waals surface area contributed by atoms with Crippen LogP contribution in [0.25, 0.3) is 0 Å². The number of hydrogen-bond donors (Lipinski definition) is 1. The summed E-state index contributed by atoms with van der Waals surface area (Å²) in [6.07, 6.45) is 0. The first-order valence-corrected chi connectivity index (χ1v) is 7.10. The molecule has 1 aromatic carbocycles. The summed E-state index contributed by atoms with van der Waals surface area (Å²) < 4.78 is 25.7. The van der Waals surface area contributed by atoms with E-state index in [-0.39, 0.29) is 22.2 Å². The van der Waals surface area contributed by atoms with Crippen molar-refractivity contribution in [3.63, 3.8) is 0 Å². The number of benzene rings is 1. The number of sulfonamides is 1. The molecule has 0 bridgehead atoms. The maximum Gasteiger partial charge on any atom is 0.270 e. The molecule has 0 atom stereocenters. The number of non-ortho nitro benzene ring substituents is 1. The second-order valence-electron chi connectivity index (χ2n) is 4.66. The highest BCUT2D eigenvalue weighted by Gasteiger charge is 2.26. The molecule has 2 N–H and O–H groups in total. The molecule has 0 aromatic heterocycles. The van der Waals surface area contributed by atoms with Crippen LogP contribution < -0.4 is 5.73 Å². The average molecular weight is 287 g/mol. The van der Waals surface area contributed by atoms with Crippen LogP contribution in [0.3, 0.4) is 0 Å². The summed E-state index contributed by atoms with van der Waals surface area (Å²) in [6.45, 7) is 4.07. The first-order chi connectivity index (χ1) is 8.66. The minimum atomic E-state index is -3.82. The van der Waals surface area contributed by atoms with Gasteiger partial charge in [0.05, 0.1) is 10.6 Å². The number of hydrogen-bond acceptors (Lipinski definition) is 5. The molecule has 8 heteroatoms. The Kier molecular flexibility index (Phi) is 4.48. The van der Waals surface area contributed by atoms with Crippen molar-refractivity contribution < 1.29 is 13.3 Å². The molecule has 0 spiro atoms. The first kappa shape index (κ1) is 15.4. The van der Waals surface area contributed by atoms with Gasteiger partial charge < -0.3 is 5.73 Å². The zero-order valence-electron chi connectivity index (χ0n) is 11.0. The number of rotatable bonds is 5. The second kappa shape index (κ2) is 5.54. The molecule has 0 saturated heterocycles. The Hall–Kier alpha value is -1.67. The third kappa shape index (κ3) is 3.42. The maximum absolute atomic E-state index is 12.3. The average Bonchev–Trinajstić information content (AvgIpc) is 2.27. The highest BCUT2D eigenvalue weighted by atomic mass is 32.2. The standard InChI is InChI=1S/C11H17N3O4S/c1-8(2)7-13(3)19(17,18)11-6-9(14(15)16)4-5-10(11)12/h4-6,8H,7,12H2,1-3H3. The van der Waals surface area contributed by atoms with Crippen LogP contribution in [0.1, 0.15) is 13.8 Å². The summed E-state index contributed by atoms with van der Waals surface area (Å²) in [7, 11) is -2.39. The third-order valence-electron chi connectivity index (χ3n) is 2.52. The Morgan fingerprint density at radius 1 is 1.42 bits per heavy atom. The fourth-order valence-electron chi connectivity index (χ4n) is 1.64. The smallest absolute Gasteiger partial charge is 0.270 e. The minimum absolute atomic E-state index is 0.00112. The van der Waals surface area contributed by atoms with Gasteiger partial charge in [0.2, 0.25) is 10.0 Å². The largest absolute Gasteiger partial charge is 0.398 e. The van der Waals surface area contributed by atoms with E-state index >= 15 is 0 Å². The molecule has 7 nitrogen and oxygen atoms in total. The van der Waals surface area contributed by atoms with E-state index < -0.39 is 14.9 Å². The van der Waals surface area contributed by atoms with Gasteiger partial charge >= 0.3 is 0 Å².